The van der Waals surface area contributed by atoms with E-state index in [0.717, 1.165) is 11.0 Å². The van der Waals surface area contributed by atoms with Crippen molar-refractivity contribution in [2.24, 2.45) is 5.73 Å². The van der Waals surface area contributed by atoms with E-state index in [-0.39, 0.29) is 5.82 Å². The molecule has 9 heteroatoms. The molecule has 1 saturated heterocycles. The molecular formula is C8H12N4O5. The van der Waals surface area contributed by atoms with Crippen LogP contribution in [-0.4, -0.2) is 60.9 Å². The lowest BCUT2D eigenvalue weighted by Gasteiger charge is -2.13. The van der Waals surface area contributed by atoms with Crippen molar-refractivity contribution < 1.29 is 24.9 Å². The fourth-order valence-electron chi connectivity index (χ4n) is 1.61. The van der Waals surface area contributed by atoms with Gasteiger partial charge in [-0.15, -0.1) is 5.10 Å². The predicted molar refractivity (Wildman–Crippen MR) is 51.5 cm³/mol. The second-order valence-corrected chi connectivity index (χ2v) is 3.64. The van der Waals surface area contributed by atoms with Gasteiger partial charge in [0.25, 0.3) is 5.91 Å². The second-order valence-electron chi connectivity index (χ2n) is 3.64. The molecule has 94 valence electrons. The average molecular weight is 244 g/mol. The van der Waals surface area contributed by atoms with Gasteiger partial charge in [0.15, 0.2) is 6.23 Å². The minimum atomic E-state index is -1.27. The number of carbonyl (C=O) groups excluding carboxylic acids is 1. The Hall–Kier alpha value is -1.55. The van der Waals surface area contributed by atoms with E-state index < -0.39 is 37.1 Å². The van der Waals surface area contributed by atoms with Gasteiger partial charge >= 0.3 is 0 Å². The number of primary amides is 1. The lowest BCUT2D eigenvalue weighted by Crippen LogP contribution is -2.33. The first kappa shape index (κ1) is 11.9. The molecule has 2 heterocycles. The summed E-state index contributed by atoms with van der Waals surface area (Å²) in [4.78, 5) is 14.4. The van der Waals surface area contributed by atoms with Crippen molar-refractivity contribution in [3.05, 3.63) is 12.2 Å². The highest BCUT2D eigenvalue weighted by Crippen LogP contribution is 2.28. The maximum Gasteiger partial charge on any atom is 0.288 e. The summed E-state index contributed by atoms with van der Waals surface area (Å²) in [5.74, 6) is -1.03. The van der Waals surface area contributed by atoms with E-state index in [2.05, 4.69) is 10.1 Å². The number of nitrogens with two attached hydrogens (primary N) is 1. The van der Waals surface area contributed by atoms with Crippen molar-refractivity contribution in [3.63, 3.8) is 0 Å². The Morgan fingerprint density at radius 1 is 1.53 bits per heavy atom. The molecule has 1 amide bonds. The molecule has 0 aliphatic carbocycles. The Morgan fingerprint density at radius 2 is 2.24 bits per heavy atom. The first-order valence-corrected chi connectivity index (χ1v) is 4.88. The van der Waals surface area contributed by atoms with Crippen LogP contribution < -0.4 is 5.73 Å². The summed E-state index contributed by atoms with van der Waals surface area (Å²) in [6, 6.07) is 0. The third-order valence-electron chi connectivity index (χ3n) is 2.51. The van der Waals surface area contributed by atoms with E-state index in [9.17, 15) is 15.0 Å². The number of hydrogen-bond acceptors (Lipinski definition) is 7. The zero-order valence-electron chi connectivity index (χ0n) is 8.67. The van der Waals surface area contributed by atoms with Crippen LogP contribution >= 0.6 is 0 Å². The van der Waals surface area contributed by atoms with E-state index in [1.54, 1.807) is 0 Å². The minimum Gasteiger partial charge on any atom is -0.394 e. The molecular weight excluding hydrogens is 232 g/mol. The van der Waals surface area contributed by atoms with Gasteiger partial charge < -0.3 is 25.8 Å². The molecule has 5 N–H and O–H groups in total. The summed E-state index contributed by atoms with van der Waals surface area (Å²) in [7, 11) is 0. The van der Waals surface area contributed by atoms with Gasteiger partial charge in [0.2, 0.25) is 5.82 Å². The Labute approximate surface area is 95.4 Å². The highest BCUT2D eigenvalue weighted by molar-refractivity contribution is 5.88. The van der Waals surface area contributed by atoms with Gasteiger partial charge in [0, 0.05) is 0 Å². The van der Waals surface area contributed by atoms with Gasteiger partial charge in [-0.25, -0.2) is 9.67 Å². The molecule has 1 fully saturated rings. The summed E-state index contributed by atoms with van der Waals surface area (Å²) in [5, 5.41) is 31.8. The van der Waals surface area contributed by atoms with E-state index in [0.29, 0.717) is 0 Å². The smallest absolute Gasteiger partial charge is 0.288 e. The Morgan fingerprint density at radius 3 is 2.71 bits per heavy atom. The molecule has 0 saturated carbocycles. The molecule has 0 spiro atoms. The number of amides is 1. The number of nitrogens with zero attached hydrogens (tertiary/aromatic N) is 3. The largest absolute Gasteiger partial charge is 0.394 e. The fourth-order valence-corrected chi connectivity index (χ4v) is 1.61. The van der Waals surface area contributed by atoms with Crippen LogP contribution in [0.5, 0.6) is 0 Å². The number of carbonyl (C=O) groups is 1. The van der Waals surface area contributed by atoms with E-state index >= 15 is 0 Å². The molecule has 1 aliphatic heterocycles. The van der Waals surface area contributed by atoms with Gasteiger partial charge in [0.05, 0.1) is 6.61 Å². The van der Waals surface area contributed by atoms with Crippen LogP contribution in [0.15, 0.2) is 6.33 Å². The summed E-state index contributed by atoms with van der Waals surface area (Å²) in [6.07, 6.45) is -3.26. The first-order valence-electron chi connectivity index (χ1n) is 4.88. The second kappa shape index (κ2) is 4.37. The normalized spacial score (nSPS) is 32.9. The van der Waals surface area contributed by atoms with E-state index in [1.807, 2.05) is 0 Å². The van der Waals surface area contributed by atoms with Crippen molar-refractivity contribution in [1.29, 1.82) is 0 Å². The van der Waals surface area contributed by atoms with Crippen LogP contribution in [-0.2, 0) is 4.74 Å². The zero-order chi connectivity index (χ0) is 12.6. The first-order chi connectivity index (χ1) is 8.04. The highest BCUT2D eigenvalue weighted by atomic mass is 16.6. The minimum absolute atomic E-state index is 0.220. The number of aliphatic hydroxyl groups excluding tert-OH is 3. The lowest BCUT2D eigenvalue weighted by molar-refractivity contribution is -0.0588. The van der Waals surface area contributed by atoms with Gasteiger partial charge in [-0.3, -0.25) is 4.79 Å². The lowest BCUT2D eigenvalue weighted by atomic mass is 10.1. The van der Waals surface area contributed by atoms with Crippen molar-refractivity contribution in [1.82, 2.24) is 14.8 Å². The molecule has 0 aromatic carbocycles. The SMILES string of the molecule is NC(=O)c1ncn([C@H]2O[C@H](CO)C(O)C2O)n1. The van der Waals surface area contributed by atoms with Crippen molar-refractivity contribution in [2.45, 2.75) is 24.5 Å². The molecule has 9 nitrogen and oxygen atoms in total. The predicted octanol–water partition coefficient (Wildman–Crippen LogP) is -3.01. The molecule has 2 unspecified atom stereocenters. The number of hydrogen-bond donors (Lipinski definition) is 4. The van der Waals surface area contributed by atoms with E-state index in [1.165, 1.54) is 0 Å². The fraction of sp³-hybridized carbons (Fsp3) is 0.625. The molecule has 1 aromatic heterocycles. The van der Waals surface area contributed by atoms with Crippen LogP contribution in [0.2, 0.25) is 0 Å². The summed E-state index contributed by atoms with van der Waals surface area (Å²) < 4.78 is 6.25. The monoisotopic (exact) mass is 244 g/mol. The molecule has 2 rings (SSSR count). The van der Waals surface area contributed by atoms with Gasteiger partial charge in [-0.1, -0.05) is 0 Å². The highest BCUT2D eigenvalue weighted by Gasteiger charge is 2.43. The number of ether oxygens (including phenoxy) is 1. The number of aliphatic hydroxyl groups is 3. The Bertz CT molecular complexity index is 422. The van der Waals surface area contributed by atoms with Gasteiger partial charge in [0.1, 0.15) is 24.6 Å². The third-order valence-corrected chi connectivity index (χ3v) is 2.51. The van der Waals surface area contributed by atoms with Crippen molar-refractivity contribution in [2.75, 3.05) is 6.61 Å². The molecule has 1 aliphatic rings. The molecule has 0 bridgehead atoms. The summed E-state index contributed by atoms with van der Waals surface area (Å²) in [6.45, 7) is -0.438. The van der Waals surface area contributed by atoms with Crippen LogP contribution in [0.4, 0.5) is 0 Å². The van der Waals surface area contributed by atoms with Crippen LogP contribution in [0.1, 0.15) is 16.8 Å². The summed E-state index contributed by atoms with van der Waals surface area (Å²) in [5.41, 5.74) is 4.97. The van der Waals surface area contributed by atoms with Crippen LogP contribution in [0.25, 0.3) is 0 Å². The molecule has 0 radical (unpaired) electrons. The van der Waals surface area contributed by atoms with Crippen molar-refractivity contribution in [3.8, 4) is 0 Å². The van der Waals surface area contributed by atoms with Crippen LogP contribution in [0.3, 0.4) is 0 Å². The third kappa shape index (κ3) is 2.00. The average Bonchev–Trinajstić information content (AvgIpc) is 2.87. The Kier molecular flexibility index (Phi) is 3.07. The maximum atomic E-state index is 10.8. The number of rotatable bonds is 3. The quantitative estimate of drug-likeness (QED) is 0.443. The Balaban J connectivity index is 2.19. The summed E-state index contributed by atoms with van der Waals surface area (Å²) >= 11 is 0. The van der Waals surface area contributed by atoms with Gasteiger partial charge in [-0.05, 0) is 0 Å². The van der Waals surface area contributed by atoms with Crippen LogP contribution in [0, 0.1) is 0 Å². The van der Waals surface area contributed by atoms with E-state index in [4.69, 9.17) is 15.6 Å². The topological polar surface area (TPSA) is 144 Å². The molecule has 4 atom stereocenters. The van der Waals surface area contributed by atoms with Gasteiger partial charge in [-0.2, -0.15) is 0 Å². The standard InChI is InChI=1S/C8H12N4O5/c9-6(16)7-10-2-12(11-7)8-5(15)4(14)3(1-13)17-8/h2-5,8,13-15H,1H2,(H2,9,16)/t3-,4?,5?,8+/m1/s1. The maximum absolute atomic E-state index is 10.8. The van der Waals surface area contributed by atoms with Crippen molar-refractivity contribution >= 4 is 5.91 Å². The zero-order valence-corrected chi connectivity index (χ0v) is 8.67. The molecule has 1 aromatic rings. The molecule has 17 heavy (non-hydrogen) atoms. The number of aromatic nitrogens is 3.